The molecule has 0 aliphatic carbocycles. The Hall–Kier alpha value is -3.20. The smallest absolute Gasteiger partial charge is 0.256 e. The number of aryl methyl sites for hydroxylation is 1. The van der Waals surface area contributed by atoms with Gasteiger partial charge in [0.1, 0.15) is 17.7 Å². The zero-order chi connectivity index (χ0) is 23.3. The number of fused-ring (bicyclic) bond motifs is 2. The predicted octanol–water partition coefficient (Wildman–Crippen LogP) is 2.53. The van der Waals surface area contributed by atoms with Crippen LogP contribution >= 0.6 is 0 Å². The fourth-order valence-corrected chi connectivity index (χ4v) is 4.86. The van der Waals surface area contributed by atoms with Crippen LogP contribution < -0.4 is 9.64 Å². The van der Waals surface area contributed by atoms with Gasteiger partial charge in [-0.25, -0.2) is 9.37 Å². The van der Waals surface area contributed by atoms with Gasteiger partial charge < -0.3 is 19.6 Å². The van der Waals surface area contributed by atoms with Crippen LogP contribution in [0.1, 0.15) is 33.6 Å². The molecule has 2 aromatic heterocycles. The van der Waals surface area contributed by atoms with Crippen molar-refractivity contribution in [1.82, 2.24) is 19.7 Å². The third-order valence-corrected chi connectivity index (χ3v) is 6.80. The molecule has 5 rings (SSSR count). The highest BCUT2D eigenvalue weighted by atomic mass is 19.1. The van der Waals surface area contributed by atoms with Crippen LogP contribution in [0.4, 0.5) is 10.2 Å². The first-order chi connectivity index (χ1) is 15.9. The Kier molecular flexibility index (Phi) is 5.44. The summed E-state index contributed by atoms with van der Waals surface area (Å²) in [5.74, 6) is 1.27. The first-order valence-electron chi connectivity index (χ1n) is 11.2. The van der Waals surface area contributed by atoms with Crippen molar-refractivity contribution in [1.29, 1.82) is 0 Å². The summed E-state index contributed by atoms with van der Waals surface area (Å²) >= 11 is 0. The number of hydrogen-bond donors (Lipinski definition) is 1. The molecule has 8 nitrogen and oxygen atoms in total. The summed E-state index contributed by atoms with van der Waals surface area (Å²) in [6.45, 7) is 5.20. The van der Waals surface area contributed by atoms with E-state index in [0.29, 0.717) is 36.5 Å². The predicted molar refractivity (Wildman–Crippen MR) is 122 cm³/mol. The van der Waals surface area contributed by atoms with Gasteiger partial charge in [0.05, 0.1) is 42.7 Å². The van der Waals surface area contributed by atoms with Crippen LogP contribution in [0.15, 0.2) is 24.4 Å². The van der Waals surface area contributed by atoms with E-state index in [1.807, 2.05) is 44.0 Å². The Morgan fingerprint density at radius 2 is 2.09 bits per heavy atom. The summed E-state index contributed by atoms with van der Waals surface area (Å²) in [5.41, 5.74) is 4.08. The van der Waals surface area contributed by atoms with Gasteiger partial charge in [0, 0.05) is 31.9 Å². The maximum absolute atomic E-state index is 15.2. The monoisotopic (exact) mass is 453 g/mol. The maximum Gasteiger partial charge on any atom is 0.256 e. The van der Waals surface area contributed by atoms with Gasteiger partial charge in [0.25, 0.3) is 5.91 Å². The van der Waals surface area contributed by atoms with Crippen LogP contribution in [-0.4, -0.2) is 69.2 Å². The van der Waals surface area contributed by atoms with E-state index in [1.165, 1.54) is 0 Å². The van der Waals surface area contributed by atoms with Crippen molar-refractivity contribution < 1.29 is 19.0 Å². The van der Waals surface area contributed by atoms with Gasteiger partial charge in [-0.2, -0.15) is 5.10 Å². The van der Waals surface area contributed by atoms with E-state index in [-0.39, 0.29) is 25.6 Å². The van der Waals surface area contributed by atoms with Crippen LogP contribution in [-0.2, 0) is 13.6 Å². The number of amides is 1. The van der Waals surface area contributed by atoms with Crippen molar-refractivity contribution >= 4 is 22.6 Å². The van der Waals surface area contributed by atoms with Crippen LogP contribution in [0.25, 0.3) is 10.9 Å². The summed E-state index contributed by atoms with van der Waals surface area (Å²) in [4.78, 5) is 21.0. The number of halogens is 1. The SMILES string of the molecule is Cc1c(N2CCC(Oc3ccc4c(cnn4C)c3)[C@@H](F)C2)nc2c(c1C)C(=O)N(CCO)C2. The zero-order valence-corrected chi connectivity index (χ0v) is 19.1. The normalized spacial score (nSPS) is 20.6. The molecule has 1 amide bonds. The number of hydrogen-bond acceptors (Lipinski definition) is 6. The van der Waals surface area contributed by atoms with Crippen LogP contribution in [0.3, 0.4) is 0 Å². The number of pyridine rings is 1. The Labute approximate surface area is 191 Å². The van der Waals surface area contributed by atoms with Gasteiger partial charge in [0.15, 0.2) is 6.17 Å². The number of aliphatic hydroxyl groups excluding tert-OH is 1. The number of benzene rings is 1. The van der Waals surface area contributed by atoms with Gasteiger partial charge in [-0.3, -0.25) is 9.48 Å². The second-order valence-electron chi connectivity index (χ2n) is 8.85. The van der Waals surface area contributed by atoms with Gasteiger partial charge in [0.2, 0.25) is 0 Å². The Balaban J connectivity index is 1.32. The van der Waals surface area contributed by atoms with Crippen LogP contribution in [0.2, 0.25) is 0 Å². The number of carbonyl (C=O) groups excluding carboxylic acids is 1. The van der Waals surface area contributed by atoms with Crippen LogP contribution in [0.5, 0.6) is 5.75 Å². The molecule has 174 valence electrons. The van der Waals surface area contributed by atoms with E-state index < -0.39 is 12.3 Å². The molecule has 0 radical (unpaired) electrons. The van der Waals surface area contributed by atoms with Gasteiger partial charge in [-0.05, 0) is 43.2 Å². The average molecular weight is 454 g/mol. The van der Waals surface area contributed by atoms with Gasteiger partial charge >= 0.3 is 0 Å². The Morgan fingerprint density at radius 3 is 2.85 bits per heavy atom. The summed E-state index contributed by atoms with van der Waals surface area (Å²) in [6.07, 6.45) is 0.590. The molecule has 33 heavy (non-hydrogen) atoms. The highest BCUT2D eigenvalue weighted by molar-refractivity contribution is 6.00. The number of ether oxygens (including phenoxy) is 1. The fraction of sp³-hybridized carbons (Fsp3) is 0.458. The first-order valence-corrected chi connectivity index (χ1v) is 11.2. The average Bonchev–Trinajstić information content (AvgIpc) is 3.32. The van der Waals surface area contributed by atoms with Crippen LogP contribution in [0, 0.1) is 13.8 Å². The fourth-order valence-electron chi connectivity index (χ4n) is 4.86. The quantitative estimate of drug-likeness (QED) is 0.639. The van der Waals surface area contributed by atoms with Gasteiger partial charge in [-0.1, -0.05) is 0 Å². The van der Waals surface area contributed by atoms with Crippen molar-refractivity contribution in [3.8, 4) is 5.75 Å². The molecule has 2 aliphatic heterocycles. The van der Waals surface area contributed by atoms with E-state index in [1.54, 1.807) is 15.8 Å². The molecule has 0 saturated carbocycles. The maximum atomic E-state index is 15.2. The lowest BCUT2D eigenvalue weighted by atomic mass is 10.0. The third-order valence-electron chi connectivity index (χ3n) is 6.80. The lowest BCUT2D eigenvalue weighted by Gasteiger charge is -2.36. The summed E-state index contributed by atoms with van der Waals surface area (Å²) in [6, 6.07) is 5.68. The molecule has 0 spiro atoms. The number of aliphatic hydroxyl groups is 1. The van der Waals surface area contributed by atoms with E-state index in [0.717, 1.165) is 27.8 Å². The molecule has 1 fully saturated rings. The number of nitrogens with zero attached hydrogens (tertiary/aromatic N) is 5. The van der Waals surface area contributed by atoms with Crippen molar-refractivity contribution in [3.63, 3.8) is 0 Å². The van der Waals surface area contributed by atoms with Crippen molar-refractivity contribution in [3.05, 3.63) is 46.8 Å². The highest BCUT2D eigenvalue weighted by Crippen LogP contribution is 2.33. The van der Waals surface area contributed by atoms with E-state index in [9.17, 15) is 9.90 Å². The molecule has 3 aromatic rings. The largest absolute Gasteiger partial charge is 0.487 e. The molecule has 0 bridgehead atoms. The molecule has 1 aromatic carbocycles. The first kappa shape index (κ1) is 21.6. The molecular formula is C24H28FN5O3. The summed E-state index contributed by atoms with van der Waals surface area (Å²) in [5, 5.41) is 14.4. The molecule has 4 heterocycles. The third kappa shape index (κ3) is 3.70. The highest BCUT2D eigenvalue weighted by Gasteiger charge is 2.36. The number of β-amino-alcohol motifs (C(OH)–C–C–N with tert-alkyl or cyclic N) is 1. The minimum Gasteiger partial charge on any atom is -0.487 e. The number of alkyl halides is 1. The Morgan fingerprint density at radius 1 is 1.27 bits per heavy atom. The standard InChI is InChI=1S/C24H28FN5O3/c1-14-15(2)23(27-19-13-30(8-9-31)24(32)22(14)19)29-7-6-21(18(25)12-29)33-17-4-5-20-16(10-17)11-26-28(20)3/h4-5,10-11,18,21,31H,6-9,12-13H2,1-3H3/t18-,21?/m0/s1. The molecule has 1 saturated heterocycles. The Bertz CT molecular complexity index is 1230. The second kappa shape index (κ2) is 8.30. The number of piperidine rings is 1. The summed E-state index contributed by atoms with van der Waals surface area (Å²) < 4.78 is 23.0. The number of aromatic nitrogens is 3. The molecule has 1 N–H and O–H groups in total. The zero-order valence-electron chi connectivity index (χ0n) is 19.1. The van der Waals surface area contributed by atoms with Gasteiger partial charge in [-0.15, -0.1) is 0 Å². The minimum atomic E-state index is -1.18. The van der Waals surface area contributed by atoms with E-state index in [4.69, 9.17) is 9.72 Å². The van der Waals surface area contributed by atoms with Crippen molar-refractivity contribution in [2.45, 2.75) is 39.1 Å². The van der Waals surface area contributed by atoms with Crippen molar-refractivity contribution in [2.75, 3.05) is 31.1 Å². The molecule has 2 atom stereocenters. The molecule has 9 heteroatoms. The topological polar surface area (TPSA) is 83.7 Å². The molecular weight excluding hydrogens is 425 g/mol. The number of rotatable bonds is 5. The van der Waals surface area contributed by atoms with E-state index in [2.05, 4.69) is 5.10 Å². The number of carbonyl (C=O) groups is 1. The van der Waals surface area contributed by atoms with E-state index >= 15 is 4.39 Å². The molecule has 2 aliphatic rings. The minimum absolute atomic E-state index is 0.0879. The lowest BCUT2D eigenvalue weighted by Crippen LogP contribution is -2.47. The van der Waals surface area contributed by atoms with Crippen molar-refractivity contribution in [2.24, 2.45) is 7.05 Å². The second-order valence-corrected chi connectivity index (χ2v) is 8.85. The molecule has 1 unspecified atom stereocenters. The lowest BCUT2D eigenvalue weighted by molar-refractivity contribution is 0.0744. The summed E-state index contributed by atoms with van der Waals surface area (Å²) in [7, 11) is 1.88. The number of anilines is 1.